The molecule has 140 valence electrons. The number of piperidine rings is 1. The maximum absolute atomic E-state index is 13.0. The van der Waals surface area contributed by atoms with E-state index in [0.717, 1.165) is 53.9 Å². The number of hydrogen-bond acceptors (Lipinski definition) is 4. The summed E-state index contributed by atoms with van der Waals surface area (Å²) in [5.41, 5.74) is 2.00. The quantitative estimate of drug-likeness (QED) is 0.708. The minimum atomic E-state index is -0.207. The van der Waals surface area contributed by atoms with Crippen molar-refractivity contribution in [2.75, 3.05) is 18.4 Å². The highest BCUT2D eigenvalue weighted by atomic mass is 32.1. The normalized spacial score (nSPS) is 15.7. The average Bonchev–Trinajstić information content (AvgIpc) is 3.08. The summed E-state index contributed by atoms with van der Waals surface area (Å²) in [6.45, 7) is 2.63. The van der Waals surface area contributed by atoms with Crippen LogP contribution in [0.4, 0.5) is 14.2 Å². The molecule has 1 aromatic heterocycles. The summed E-state index contributed by atoms with van der Waals surface area (Å²) in [6, 6.07) is 14.4. The lowest BCUT2D eigenvalue weighted by Crippen LogP contribution is -2.45. The molecule has 0 bridgehead atoms. The average molecular weight is 384 g/mol. The van der Waals surface area contributed by atoms with Crippen LogP contribution in [0.5, 0.6) is 0 Å². The van der Waals surface area contributed by atoms with Gasteiger partial charge in [0.15, 0.2) is 0 Å². The number of halogens is 1. The van der Waals surface area contributed by atoms with Gasteiger partial charge in [0, 0.05) is 31.1 Å². The smallest absolute Gasteiger partial charge is 0.320 e. The van der Waals surface area contributed by atoms with Crippen LogP contribution in [0.15, 0.2) is 48.5 Å². The second-order valence-electron chi connectivity index (χ2n) is 6.80. The Morgan fingerprint density at radius 2 is 1.89 bits per heavy atom. The van der Waals surface area contributed by atoms with E-state index < -0.39 is 0 Å². The number of aromatic nitrogens is 1. The molecule has 2 N–H and O–H groups in total. The van der Waals surface area contributed by atoms with Crippen molar-refractivity contribution in [1.82, 2.24) is 14.6 Å². The number of likely N-dealkylation sites (tertiary alicyclic amines) is 1. The number of hydrogen-bond donors (Lipinski definition) is 2. The molecule has 0 aliphatic carbocycles. The van der Waals surface area contributed by atoms with Gasteiger partial charge in [-0.1, -0.05) is 24.3 Å². The topological polar surface area (TPSA) is 57.3 Å². The van der Waals surface area contributed by atoms with Gasteiger partial charge in [-0.15, -0.1) is 0 Å². The van der Waals surface area contributed by atoms with Crippen LogP contribution >= 0.6 is 11.5 Å². The summed E-state index contributed by atoms with van der Waals surface area (Å²) in [6.07, 6.45) is 1.80. The van der Waals surface area contributed by atoms with Crippen molar-refractivity contribution < 1.29 is 9.18 Å². The van der Waals surface area contributed by atoms with Crippen molar-refractivity contribution in [3.63, 3.8) is 0 Å². The Kier molecular flexibility index (Phi) is 5.31. The van der Waals surface area contributed by atoms with Crippen molar-refractivity contribution in [2.24, 2.45) is 0 Å². The van der Waals surface area contributed by atoms with Gasteiger partial charge in [0.1, 0.15) is 10.8 Å². The van der Waals surface area contributed by atoms with Gasteiger partial charge in [-0.2, -0.15) is 4.37 Å². The third kappa shape index (κ3) is 4.43. The SMILES string of the molecule is O=C(Nc1snc2ccccc12)NC1CCN(Cc2ccc(F)cc2)CC1. The highest BCUT2D eigenvalue weighted by Gasteiger charge is 2.21. The first kappa shape index (κ1) is 17.9. The number of amides is 2. The van der Waals surface area contributed by atoms with E-state index in [4.69, 9.17) is 0 Å². The largest absolute Gasteiger partial charge is 0.335 e. The van der Waals surface area contributed by atoms with Gasteiger partial charge in [-0.05, 0) is 54.2 Å². The van der Waals surface area contributed by atoms with Crippen LogP contribution in [0.25, 0.3) is 10.9 Å². The molecule has 4 rings (SSSR count). The molecule has 2 aromatic carbocycles. The highest BCUT2D eigenvalue weighted by molar-refractivity contribution is 7.12. The monoisotopic (exact) mass is 384 g/mol. The number of carbonyl (C=O) groups is 1. The van der Waals surface area contributed by atoms with E-state index in [0.29, 0.717) is 0 Å². The predicted molar refractivity (Wildman–Crippen MR) is 106 cm³/mol. The molecule has 0 saturated carbocycles. The van der Waals surface area contributed by atoms with E-state index in [1.54, 1.807) is 0 Å². The maximum atomic E-state index is 13.0. The zero-order valence-electron chi connectivity index (χ0n) is 14.8. The number of rotatable bonds is 4. The molecule has 3 aromatic rings. The maximum Gasteiger partial charge on any atom is 0.320 e. The van der Waals surface area contributed by atoms with Crippen molar-refractivity contribution in [3.05, 3.63) is 59.9 Å². The van der Waals surface area contributed by atoms with Crippen LogP contribution in [0, 0.1) is 5.82 Å². The minimum Gasteiger partial charge on any atom is -0.335 e. The molecule has 1 saturated heterocycles. The van der Waals surface area contributed by atoms with Gasteiger partial charge in [-0.25, -0.2) is 9.18 Å². The zero-order chi connectivity index (χ0) is 18.6. The molecule has 1 aliphatic rings. The molecule has 2 amide bonds. The van der Waals surface area contributed by atoms with Gasteiger partial charge in [-0.3, -0.25) is 10.2 Å². The summed E-state index contributed by atoms with van der Waals surface area (Å²) in [4.78, 5) is 14.7. The molecule has 0 unspecified atom stereocenters. The molecular weight excluding hydrogens is 363 g/mol. The van der Waals surface area contributed by atoms with Gasteiger partial charge in [0.05, 0.1) is 5.52 Å². The van der Waals surface area contributed by atoms with Gasteiger partial charge >= 0.3 is 6.03 Å². The fourth-order valence-electron chi connectivity index (χ4n) is 3.39. The Labute approximate surface area is 161 Å². The van der Waals surface area contributed by atoms with Crippen LogP contribution in [0.1, 0.15) is 18.4 Å². The highest BCUT2D eigenvalue weighted by Crippen LogP contribution is 2.27. The summed E-state index contributed by atoms with van der Waals surface area (Å²) < 4.78 is 17.3. The summed E-state index contributed by atoms with van der Waals surface area (Å²) >= 11 is 1.30. The summed E-state index contributed by atoms with van der Waals surface area (Å²) in [5.74, 6) is -0.207. The van der Waals surface area contributed by atoms with Crippen LogP contribution < -0.4 is 10.6 Å². The first-order chi connectivity index (χ1) is 13.2. The third-order valence-corrected chi connectivity index (χ3v) is 5.65. The number of urea groups is 1. The molecule has 5 nitrogen and oxygen atoms in total. The van der Waals surface area contributed by atoms with Crippen molar-refractivity contribution >= 4 is 33.5 Å². The lowest BCUT2D eigenvalue weighted by atomic mass is 10.0. The van der Waals surface area contributed by atoms with Crippen molar-refractivity contribution in [2.45, 2.75) is 25.4 Å². The standard InChI is InChI=1S/C20H21FN4OS/c21-15-7-5-14(6-8-15)13-25-11-9-16(10-12-25)22-20(26)23-19-17-3-1-2-4-18(17)24-27-19/h1-8,16H,9-13H2,(H2,22,23,26). The Balaban J connectivity index is 1.26. The zero-order valence-corrected chi connectivity index (χ0v) is 15.6. The second kappa shape index (κ2) is 8.02. The summed E-state index contributed by atoms with van der Waals surface area (Å²) in [5, 5.41) is 7.73. The molecule has 27 heavy (non-hydrogen) atoms. The fraction of sp³-hybridized carbons (Fsp3) is 0.300. The first-order valence-electron chi connectivity index (χ1n) is 9.06. The minimum absolute atomic E-state index is 0.161. The number of benzene rings is 2. The van der Waals surface area contributed by atoms with Crippen LogP contribution in [0.3, 0.4) is 0 Å². The van der Waals surface area contributed by atoms with E-state index in [1.165, 1.54) is 23.7 Å². The number of anilines is 1. The third-order valence-electron chi connectivity index (χ3n) is 4.85. The van der Waals surface area contributed by atoms with Gasteiger partial charge in [0.25, 0.3) is 0 Å². The lowest BCUT2D eigenvalue weighted by molar-refractivity contribution is 0.190. The Morgan fingerprint density at radius 3 is 2.67 bits per heavy atom. The molecule has 7 heteroatoms. The number of carbonyl (C=O) groups excluding carboxylic acids is 1. The number of nitrogens with zero attached hydrogens (tertiary/aromatic N) is 2. The van der Waals surface area contributed by atoms with Gasteiger partial charge < -0.3 is 5.32 Å². The van der Waals surface area contributed by atoms with E-state index in [-0.39, 0.29) is 17.9 Å². The Morgan fingerprint density at radius 1 is 1.15 bits per heavy atom. The Bertz CT molecular complexity index is 919. The van der Waals surface area contributed by atoms with E-state index in [2.05, 4.69) is 19.9 Å². The number of nitrogens with one attached hydrogen (secondary N) is 2. The molecule has 0 radical (unpaired) electrons. The lowest BCUT2D eigenvalue weighted by Gasteiger charge is -2.32. The van der Waals surface area contributed by atoms with Crippen LogP contribution in [-0.4, -0.2) is 34.4 Å². The van der Waals surface area contributed by atoms with E-state index in [1.807, 2.05) is 36.4 Å². The fourth-order valence-corrected chi connectivity index (χ4v) is 4.15. The molecule has 1 fully saturated rings. The molecule has 0 spiro atoms. The molecular formula is C20H21FN4OS. The van der Waals surface area contributed by atoms with E-state index >= 15 is 0 Å². The first-order valence-corrected chi connectivity index (χ1v) is 9.83. The van der Waals surface area contributed by atoms with Crippen molar-refractivity contribution in [3.8, 4) is 0 Å². The van der Waals surface area contributed by atoms with Crippen LogP contribution in [0.2, 0.25) is 0 Å². The Hall–Kier alpha value is -2.51. The van der Waals surface area contributed by atoms with Crippen LogP contribution in [-0.2, 0) is 6.54 Å². The van der Waals surface area contributed by atoms with E-state index in [9.17, 15) is 9.18 Å². The molecule has 1 aliphatic heterocycles. The molecule has 2 heterocycles. The van der Waals surface area contributed by atoms with Crippen molar-refractivity contribution in [1.29, 1.82) is 0 Å². The summed E-state index contributed by atoms with van der Waals surface area (Å²) in [7, 11) is 0. The number of fused-ring (bicyclic) bond motifs is 1. The van der Waals surface area contributed by atoms with Gasteiger partial charge in [0.2, 0.25) is 0 Å². The predicted octanol–water partition coefficient (Wildman–Crippen LogP) is 4.22. The second-order valence-corrected chi connectivity index (χ2v) is 7.58. The molecule has 0 atom stereocenters.